The number of hydrogen-bond acceptors (Lipinski definition) is 4. The van der Waals surface area contributed by atoms with Gasteiger partial charge in [0.05, 0.1) is 20.5 Å². The molecule has 4 nitrogen and oxygen atoms in total. The van der Waals surface area contributed by atoms with Crippen LogP contribution in [0.15, 0.2) is 42.7 Å². The van der Waals surface area contributed by atoms with E-state index < -0.39 is 0 Å². The van der Waals surface area contributed by atoms with Gasteiger partial charge < -0.3 is 0 Å². The maximum absolute atomic E-state index is 11.9. The summed E-state index contributed by atoms with van der Waals surface area (Å²) in [7, 11) is 0. The summed E-state index contributed by atoms with van der Waals surface area (Å²) in [5.74, 6) is -0.234. The van der Waals surface area contributed by atoms with Crippen LogP contribution in [0.25, 0.3) is 5.70 Å². The number of hydrogen-bond donors (Lipinski definition) is 2. The summed E-state index contributed by atoms with van der Waals surface area (Å²) in [6, 6.07) is 7.17. The minimum atomic E-state index is -0.234. The van der Waals surface area contributed by atoms with Crippen LogP contribution in [-0.2, 0) is 0 Å². The van der Waals surface area contributed by atoms with Gasteiger partial charge in [0.2, 0.25) is 0 Å². The van der Waals surface area contributed by atoms with E-state index in [0.717, 1.165) is 17.0 Å². The Bertz CT molecular complexity index is 610. The van der Waals surface area contributed by atoms with Crippen LogP contribution in [0.4, 0.5) is 0 Å². The Morgan fingerprint density at radius 2 is 2.25 bits per heavy atom. The number of nitrogens with one attached hydrogen (secondary N) is 2. The van der Waals surface area contributed by atoms with Gasteiger partial charge in [-0.15, -0.1) is 11.3 Å². The van der Waals surface area contributed by atoms with E-state index in [1.165, 1.54) is 17.5 Å². The van der Waals surface area contributed by atoms with Crippen molar-refractivity contribution in [3.63, 3.8) is 0 Å². The summed E-state index contributed by atoms with van der Waals surface area (Å²) in [6.45, 7) is 2.03. The molecule has 1 amide bonds. The number of carbonyl (C=O) groups is 1. The first-order valence-corrected chi connectivity index (χ1v) is 7.32. The molecule has 0 fully saturated rings. The molecule has 0 aliphatic carbocycles. The van der Waals surface area contributed by atoms with E-state index in [4.69, 9.17) is 11.6 Å². The Morgan fingerprint density at radius 1 is 1.40 bits per heavy atom. The highest BCUT2D eigenvalue weighted by atomic mass is 35.5. The number of hydrazine groups is 1. The van der Waals surface area contributed by atoms with E-state index in [-0.39, 0.29) is 5.91 Å². The highest BCUT2D eigenvalue weighted by Crippen LogP contribution is 2.26. The van der Waals surface area contributed by atoms with Crippen LogP contribution in [0.5, 0.6) is 0 Å². The Kier molecular flexibility index (Phi) is 5.15. The largest absolute Gasteiger partial charge is 0.297 e. The number of rotatable bonds is 5. The molecule has 2 N–H and O–H groups in total. The fourth-order valence-corrected chi connectivity index (χ4v) is 2.61. The lowest BCUT2D eigenvalue weighted by atomic mass is 10.3. The number of thiophene rings is 1. The van der Waals surface area contributed by atoms with Crippen molar-refractivity contribution < 1.29 is 4.79 Å². The van der Waals surface area contributed by atoms with Crippen molar-refractivity contribution in [3.05, 3.63) is 57.5 Å². The Morgan fingerprint density at radius 3 is 2.85 bits per heavy atom. The highest BCUT2D eigenvalue weighted by Gasteiger charge is 2.08. The molecule has 0 aromatic carbocycles. The van der Waals surface area contributed by atoms with Gasteiger partial charge >= 0.3 is 0 Å². The summed E-state index contributed by atoms with van der Waals surface area (Å²) in [4.78, 5) is 16.8. The smallest absolute Gasteiger partial charge is 0.271 e. The van der Waals surface area contributed by atoms with Crippen molar-refractivity contribution in [1.82, 2.24) is 15.8 Å². The minimum Gasteiger partial charge on any atom is -0.297 e. The first-order chi connectivity index (χ1) is 9.70. The van der Waals surface area contributed by atoms with Crippen LogP contribution < -0.4 is 10.9 Å². The molecule has 2 aromatic heterocycles. The average molecular weight is 308 g/mol. The molecule has 2 heterocycles. The maximum atomic E-state index is 11.9. The number of halogens is 1. The van der Waals surface area contributed by atoms with Crippen LogP contribution in [0, 0.1) is 0 Å². The van der Waals surface area contributed by atoms with Crippen molar-refractivity contribution in [2.75, 3.05) is 0 Å². The zero-order valence-electron chi connectivity index (χ0n) is 10.9. The fraction of sp³-hybridized carbons (Fsp3) is 0.143. The third-order valence-corrected chi connectivity index (χ3v) is 3.75. The fourth-order valence-electron chi connectivity index (χ4n) is 1.57. The lowest BCUT2D eigenvalue weighted by molar-refractivity contribution is 0.0942. The van der Waals surface area contributed by atoms with E-state index in [0.29, 0.717) is 9.90 Å². The van der Waals surface area contributed by atoms with Crippen LogP contribution >= 0.6 is 22.9 Å². The predicted molar refractivity (Wildman–Crippen MR) is 82.4 cm³/mol. The summed E-state index contributed by atoms with van der Waals surface area (Å²) >= 11 is 7.39. The second-order valence-corrected chi connectivity index (χ2v) is 5.67. The second kappa shape index (κ2) is 7.07. The number of aromatic nitrogens is 1. The molecule has 0 spiro atoms. The van der Waals surface area contributed by atoms with Crippen molar-refractivity contribution >= 4 is 34.5 Å². The second-order valence-electron chi connectivity index (χ2n) is 3.95. The number of carbonyl (C=O) groups excluding carboxylic acids is 1. The number of nitrogens with zero attached hydrogens (tertiary/aromatic N) is 1. The SMILES string of the molecule is CCC=C(NNC(=O)c1cccnc1)c1ccc(Cl)s1. The zero-order chi connectivity index (χ0) is 14.4. The van der Waals surface area contributed by atoms with Gasteiger partial charge in [-0.1, -0.05) is 24.6 Å². The number of pyridine rings is 1. The maximum Gasteiger partial charge on any atom is 0.271 e. The molecule has 0 radical (unpaired) electrons. The molecular weight excluding hydrogens is 294 g/mol. The van der Waals surface area contributed by atoms with Gasteiger partial charge in [-0.05, 0) is 30.7 Å². The van der Waals surface area contributed by atoms with Gasteiger partial charge in [-0.3, -0.25) is 20.6 Å². The van der Waals surface area contributed by atoms with E-state index in [1.807, 2.05) is 25.1 Å². The Balaban J connectivity index is 2.04. The van der Waals surface area contributed by atoms with Crippen LogP contribution in [-0.4, -0.2) is 10.9 Å². The molecule has 0 saturated heterocycles. The topological polar surface area (TPSA) is 54.0 Å². The third-order valence-electron chi connectivity index (χ3n) is 2.48. The molecule has 2 rings (SSSR count). The molecular formula is C14H14ClN3OS. The molecule has 6 heteroatoms. The van der Waals surface area contributed by atoms with Crippen LogP contribution in [0.2, 0.25) is 4.34 Å². The van der Waals surface area contributed by atoms with Crippen LogP contribution in [0.1, 0.15) is 28.6 Å². The normalized spacial score (nSPS) is 11.2. The highest BCUT2D eigenvalue weighted by molar-refractivity contribution is 7.17. The van der Waals surface area contributed by atoms with E-state index in [1.54, 1.807) is 18.3 Å². The molecule has 0 aliphatic rings. The summed E-state index contributed by atoms with van der Waals surface area (Å²) in [5, 5.41) is 0. The molecule has 0 atom stereocenters. The number of amides is 1. The van der Waals surface area contributed by atoms with Gasteiger partial charge in [0, 0.05) is 12.4 Å². The summed E-state index contributed by atoms with van der Waals surface area (Å²) in [5.41, 5.74) is 6.93. The monoisotopic (exact) mass is 307 g/mol. The van der Waals surface area contributed by atoms with Gasteiger partial charge in [0.1, 0.15) is 0 Å². The number of allylic oxidation sites excluding steroid dienone is 1. The molecule has 0 aliphatic heterocycles. The molecule has 20 heavy (non-hydrogen) atoms. The average Bonchev–Trinajstić information content (AvgIpc) is 2.90. The molecule has 0 bridgehead atoms. The quantitative estimate of drug-likeness (QED) is 0.832. The standard InChI is InChI=1S/C14H14ClN3OS/c1-2-4-11(12-6-7-13(15)20-12)17-18-14(19)10-5-3-8-16-9-10/h3-9,17H,2H2,1H3,(H,18,19). The molecule has 0 saturated carbocycles. The minimum absolute atomic E-state index is 0.234. The van der Waals surface area contributed by atoms with Crippen molar-refractivity contribution in [1.29, 1.82) is 0 Å². The zero-order valence-corrected chi connectivity index (χ0v) is 12.5. The molecule has 2 aromatic rings. The molecule has 104 valence electrons. The van der Waals surface area contributed by atoms with E-state index in [9.17, 15) is 4.79 Å². The van der Waals surface area contributed by atoms with E-state index in [2.05, 4.69) is 15.8 Å². The van der Waals surface area contributed by atoms with Crippen molar-refractivity contribution in [3.8, 4) is 0 Å². The van der Waals surface area contributed by atoms with Gasteiger partial charge in [-0.25, -0.2) is 0 Å². The summed E-state index contributed by atoms with van der Waals surface area (Å²) < 4.78 is 0.711. The first-order valence-electron chi connectivity index (χ1n) is 6.13. The van der Waals surface area contributed by atoms with Gasteiger partial charge in [-0.2, -0.15) is 0 Å². The Labute approximate surface area is 126 Å². The van der Waals surface area contributed by atoms with Gasteiger partial charge in [0.15, 0.2) is 0 Å². The Hall–Kier alpha value is -1.85. The third kappa shape index (κ3) is 3.82. The van der Waals surface area contributed by atoms with Gasteiger partial charge in [0.25, 0.3) is 5.91 Å². The van der Waals surface area contributed by atoms with Crippen LogP contribution in [0.3, 0.4) is 0 Å². The van der Waals surface area contributed by atoms with Crippen molar-refractivity contribution in [2.45, 2.75) is 13.3 Å². The predicted octanol–water partition coefficient (Wildman–Crippen LogP) is 3.48. The molecule has 0 unspecified atom stereocenters. The van der Waals surface area contributed by atoms with Crippen molar-refractivity contribution in [2.24, 2.45) is 0 Å². The van der Waals surface area contributed by atoms with E-state index >= 15 is 0 Å². The lowest BCUT2D eigenvalue weighted by Gasteiger charge is -2.11. The lowest BCUT2D eigenvalue weighted by Crippen LogP contribution is -2.36. The first kappa shape index (κ1) is 14.6. The summed E-state index contributed by atoms with van der Waals surface area (Å²) in [6.07, 6.45) is 5.98.